The maximum Gasteiger partial charge on any atom is 1.00 e. The van der Waals surface area contributed by atoms with Crippen LogP contribution in [0.3, 0.4) is 0 Å². The molecule has 0 saturated carbocycles. The average Bonchev–Trinajstić information content (AvgIpc) is 2.00. The molecule has 3 N–H and O–H groups in total. The molecule has 0 rings (SSSR count). The molecule has 0 aliphatic heterocycles. The van der Waals surface area contributed by atoms with Crippen LogP contribution in [-0.4, -0.2) is 36.0 Å². The molecule has 0 spiro atoms. The van der Waals surface area contributed by atoms with E-state index in [1.54, 1.807) is 0 Å². The van der Waals surface area contributed by atoms with E-state index >= 15 is 0 Å². The molecule has 8 nitrogen and oxygen atoms in total. The topological polar surface area (TPSA) is 123 Å². The summed E-state index contributed by atoms with van der Waals surface area (Å²) in [5, 5.41) is 0. The Bertz CT molecular complexity index is 191. The van der Waals surface area contributed by atoms with Gasteiger partial charge in [-0.2, -0.15) is 0 Å². The molecule has 0 aliphatic rings. The molecule has 11 heteroatoms. The van der Waals surface area contributed by atoms with Crippen LogP contribution in [0.1, 0.15) is 1.43 Å². The van der Waals surface area contributed by atoms with Crippen molar-refractivity contribution in [1.29, 1.82) is 0 Å². The quantitative estimate of drug-likeness (QED) is 0.374. The first-order valence-corrected chi connectivity index (χ1v) is 5.76. The molecular formula is C3H13KO8P2. The van der Waals surface area contributed by atoms with E-state index in [0.717, 1.165) is 0 Å². The van der Waals surface area contributed by atoms with Gasteiger partial charge < -0.3 is 16.1 Å². The van der Waals surface area contributed by atoms with Crippen molar-refractivity contribution in [3.05, 3.63) is 0 Å². The SMILES string of the molecule is COP(=O)(OC)OC.O=P(O)(O)O.[H-].[K+]. The molecule has 0 atom stereocenters. The molecule has 0 amide bonds. The Morgan fingerprint density at radius 1 is 0.929 bits per heavy atom. The average molecular weight is 278 g/mol. The van der Waals surface area contributed by atoms with Gasteiger partial charge in [0, 0.05) is 21.3 Å². The molecule has 0 bridgehead atoms. The van der Waals surface area contributed by atoms with E-state index in [1.807, 2.05) is 0 Å². The van der Waals surface area contributed by atoms with Gasteiger partial charge in [-0.25, -0.2) is 9.13 Å². The fraction of sp³-hybridized carbons (Fsp3) is 1.00. The third-order valence-corrected chi connectivity index (χ3v) is 2.01. The normalized spacial score (nSPS) is 11.0. The van der Waals surface area contributed by atoms with Crippen LogP contribution >= 0.6 is 15.6 Å². The van der Waals surface area contributed by atoms with Crippen molar-refractivity contribution in [2.45, 2.75) is 0 Å². The van der Waals surface area contributed by atoms with Gasteiger partial charge in [0.15, 0.2) is 0 Å². The Morgan fingerprint density at radius 3 is 1.07 bits per heavy atom. The van der Waals surface area contributed by atoms with Crippen LogP contribution in [0.5, 0.6) is 0 Å². The van der Waals surface area contributed by atoms with Crippen LogP contribution in [-0.2, 0) is 22.7 Å². The van der Waals surface area contributed by atoms with Crippen LogP contribution in [0, 0.1) is 0 Å². The zero-order chi connectivity index (χ0) is 11.1. The molecule has 0 aromatic heterocycles. The summed E-state index contributed by atoms with van der Waals surface area (Å²) >= 11 is 0. The van der Waals surface area contributed by atoms with Crippen molar-refractivity contribution >= 4 is 15.6 Å². The minimum Gasteiger partial charge on any atom is -1.00 e. The Labute approximate surface area is 126 Å². The van der Waals surface area contributed by atoms with Gasteiger partial charge >= 0.3 is 67.0 Å². The van der Waals surface area contributed by atoms with Crippen molar-refractivity contribution < 1.29 is 90.2 Å². The van der Waals surface area contributed by atoms with Gasteiger partial charge in [0.2, 0.25) is 0 Å². The van der Waals surface area contributed by atoms with Gasteiger partial charge in [0.1, 0.15) is 0 Å². The second-order valence-electron chi connectivity index (χ2n) is 1.51. The fourth-order valence-electron chi connectivity index (χ4n) is 0.224. The number of phosphoric acid groups is 2. The van der Waals surface area contributed by atoms with Crippen molar-refractivity contribution in [1.82, 2.24) is 0 Å². The predicted octanol–water partition coefficient (Wildman–Crippen LogP) is -2.78. The summed E-state index contributed by atoms with van der Waals surface area (Å²) in [6.45, 7) is 0. The zero-order valence-electron chi connectivity index (χ0n) is 9.28. The first-order valence-electron chi connectivity index (χ1n) is 2.74. The molecule has 84 valence electrons. The van der Waals surface area contributed by atoms with Gasteiger partial charge in [0.25, 0.3) is 0 Å². The summed E-state index contributed by atoms with van der Waals surface area (Å²) in [4.78, 5) is 21.6. The first-order chi connectivity index (χ1) is 5.68. The number of hydrogen-bond donors (Lipinski definition) is 3. The maximum atomic E-state index is 10.7. The van der Waals surface area contributed by atoms with E-state index in [-0.39, 0.29) is 52.8 Å². The van der Waals surface area contributed by atoms with Gasteiger partial charge in [0.05, 0.1) is 0 Å². The zero-order valence-corrected chi connectivity index (χ0v) is 13.2. The number of hydrogen-bond acceptors (Lipinski definition) is 5. The Kier molecular flexibility index (Phi) is 15.2. The minimum absolute atomic E-state index is 0. The molecule has 0 fully saturated rings. The van der Waals surface area contributed by atoms with E-state index in [2.05, 4.69) is 13.6 Å². The van der Waals surface area contributed by atoms with Gasteiger partial charge in [-0.1, -0.05) is 0 Å². The summed E-state index contributed by atoms with van der Waals surface area (Å²) in [5.74, 6) is 0. The minimum atomic E-state index is -4.64. The summed E-state index contributed by atoms with van der Waals surface area (Å²) in [6.07, 6.45) is 0. The molecule has 14 heavy (non-hydrogen) atoms. The van der Waals surface area contributed by atoms with E-state index < -0.39 is 15.6 Å². The van der Waals surface area contributed by atoms with Crippen molar-refractivity contribution in [3.8, 4) is 0 Å². The summed E-state index contributed by atoms with van der Waals surface area (Å²) in [6, 6.07) is 0. The van der Waals surface area contributed by atoms with Gasteiger partial charge in [-0.05, 0) is 0 Å². The van der Waals surface area contributed by atoms with E-state index in [0.29, 0.717) is 0 Å². The monoisotopic (exact) mass is 278 g/mol. The molecular weight excluding hydrogens is 265 g/mol. The van der Waals surface area contributed by atoms with E-state index in [1.165, 1.54) is 21.3 Å². The Hall–Kier alpha value is 1.86. The number of rotatable bonds is 3. The second kappa shape index (κ2) is 10.0. The van der Waals surface area contributed by atoms with Gasteiger partial charge in [-0.3, -0.25) is 13.6 Å². The van der Waals surface area contributed by atoms with Crippen LogP contribution in [0.25, 0.3) is 0 Å². The van der Waals surface area contributed by atoms with Crippen LogP contribution in [0.2, 0.25) is 0 Å². The summed E-state index contributed by atoms with van der Waals surface area (Å²) < 4.78 is 32.6. The second-order valence-corrected chi connectivity index (χ2v) is 4.52. The van der Waals surface area contributed by atoms with Crippen LogP contribution < -0.4 is 51.4 Å². The molecule has 0 aromatic rings. The third-order valence-electron chi connectivity index (χ3n) is 0.671. The summed E-state index contributed by atoms with van der Waals surface area (Å²) in [5.41, 5.74) is 0. The van der Waals surface area contributed by atoms with Crippen molar-refractivity contribution in [3.63, 3.8) is 0 Å². The first kappa shape index (κ1) is 21.2. The largest absolute Gasteiger partial charge is 1.00 e. The Morgan fingerprint density at radius 2 is 1.07 bits per heavy atom. The van der Waals surface area contributed by atoms with Crippen LogP contribution in [0.4, 0.5) is 0 Å². The summed E-state index contributed by atoms with van der Waals surface area (Å²) in [7, 11) is -4.03. The van der Waals surface area contributed by atoms with Crippen LogP contribution in [0.15, 0.2) is 0 Å². The van der Waals surface area contributed by atoms with Gasteiger partial charge in [-0.15, -0.1) is 0 Å². The molecule has 0 radical (unpaired) electrons. The van der Waals surface area contributed by atoms with E-state index in [4.69, 9.17) is 19.2 Å². The molecule has 0 aliphatic carbocycles. The van der Waals surface area contributed by atoms with E-state index in [9.17, 15) is 4.57 Å². The van der Waals surface area contributed by atoms with Crippen molar-refractivity contribution in [2.75, 3.05) is 21.3 Å². The maximum absolute atomic E-state index is 10.7. The predicted molar refractivity (Wildman–Crippen MR) is 44.0 cm³/mol. The molecule has 0 aromatic carbocycles. The Balaban J connectivity index is -0.0000000770. The smallest absolute Gasteiger partial charge is 1.00 e. The number of phosphoric ester groups is 1. The standard InChI is InChI=1S/C3H9O4P.K.H3O4P.H/c1-5-8(4,6-2)7-3;;1-5(2,3)4;/h1-3H3;;(H3,1,2,3,4);/q;+1;;-1. The molecule has 0 saturated heterocycles. The molecule has 0 heterocycles. The molecule has 0 unspecified atom stereocenters. The fourth-order valence-corrected chi connectivity index (χ4v) is 0.671. The van der Waals surface area contributed by atoms with Crippen molar-refractivity contribution in [2.24, 2.45) is 0 Å². The third kappa shape index (κ3) is 19.4.